The zero-order chi connectivity index (χ0) is 23.8. The van der Waals surface area contributed by atoms with Gasteiger partial charge < -0.3 is 14.5 Å². The van der Waals surface area contributed by atoms with Gasteiger partial charge in [-0.25, -0.2) is 4.68 Å². The van der Waals surface area contributed by atoms with Crippen LogP contribution in [-0.2, 0) is 6.54 Å². The molecule has 2 aromatic heterocycles. The van der Waals surface area contributed by atoms with Crippen LogP contribution >= 0.6 is 0 Å². The number of benzene rings is 1. The van der Waals surface area contributed by atoms with E-state index < -0.39 is 0 Å². The highest BCUT2D eigenvalue weighted by Gasteiger charge is 2.34. The number of aromatic amines is 1. The second-order valence-corrected chi connectivity index (χ2v) is 10.2. The predicted molar refractivity (Wildman–Crippen MR) is 131 cm³/mol. The molecule has 3 heterocycles. The number of nitrogens with zero attached hydrogens (tertiary/aromatic N) is 5. The summed E-state index contributed by atoms with van der Waals surface area (Å²) in [7, 11) is 0. The Kier molecular flexibility index (Phi) is 6.18. The Balaban J connectivity index is 1.37. The molecule has 2 aliphatic carbocycles. The summed E-state index contributed by atoms with van der Waals surface area (Å²) >= 11 is 0. The van der Waals surface area contributed by atoms with Gasteiger partial charge in [-0.2, -0.15) is 0 Å². The maximum atomic E-state index is 13.2. The van der Waals surface area contributed by atoms with Crippen molar-refractivity contribution in [3.05, 3.63) is 39.9 Å². The second-order valence-electron chi connectivity index (χ2n) is 10.2. The van der Waals surface area contributed by atoms with E-state index in [0.717, 1.165) is 60.1 Å². The van der Waals surface area contributed by atoms with E-state index >= 15 is 0 Å². The lowest BCUT2D eigenvalue weighted by atomic mass is 9.92. The highest BCUT2D eigenvalue weighted by Crippen LogP contribution is 2.37. The second kappa shape index (κ2) is 9.60. The van der Waals surface area contributed by atoms with E-state index in [0.29, 0.717) is 24.4 Å². The highest BCUT2D eigenvalue weighted by molar-refractivity contribution is 5.83. The van der Waals surface area contributed by atoms with Crippen molar-refractivity contribution in [3.63, 3.8) is 0 Å². The van der Waals surface area contributed by atoms with Gasteiger partial charge in [0.15, 0.2) is 17.3 Å². The summed E-state index contributed by atoms with van der Waals surface area (Å²) in [5.74, 6) is 2.35. The van der Waals surface area contributed by atoms with Crippen LogP contribution in [0.4, 0.5) is 0 Å². The first-order valence-corrected chi connectivity index (χ1v) is 13.2. The molecule has 1 aliphatic heterocycles. The zero-order valence-electron chi connectivity index (χ0n) is 20.4. The van der Waals surface area contributed by atoms with Crippen molar-refractivity contribution in [1.82, 2.24) is 30.1 Å². The Hall–Kier alpha value is -2.94. The first kappa shape index (κ1) is 22.5. The molecule has 0 spiro atoms. The Morgan fingerprint density at radius 3 is 2.57 bits per heavy atom. The van der Waals surface area contributed by atoms with Crippen molar-refractivity contribution in [2.45, 2.75) is 95.8 Å². The van der Waals surface area contributed by atoms with E-state index in [9.17, 15) is 4.79 Å². The number of ether oxygens (including phenoxy) is 2. The SMILES string of the molecule is CC[C@@H](c1nnnn1C1CCCC1)N(Cc1cc2cc3c(cc2[nH]c1=O)OCO3)C1CCCCC1. The first-order valence-electron chi connectivity index (χ1n) is 13.2. The standard InChI is InChI=1S/C26H34N6O3/c1-2-22(25-28-29-30-32(25)20-10-6-7-11-20)31(19-8-4-3-5-9-19)15-18-12-17-13-23-24(35-16-34-23)14-21(17)27-26(18)33/h12-14,19-20,22H,2-11,15-16H2,1H3,(H,27,33)/t22-/m0/s1. The van der Waals surface area contributed by atoms with Gasteiger partial charge in [0, 0.05) is 29.6 Å². The van der Waals surface area contributed by atoms with E-state index in [2.05, 4.69) is 37.0 Å². The van der Waals surface area contributed by atoms with E-state index in [1.165, 1.54) is 32.1 Å². The van der Waals surface area contributed by atoms with Crippen molar-refractivity contribution >= 4 is 10.9 Å². The van der Waals surface area contributed by atoms with Gasteiger partial charge in [0.05, 0.1) is 17.6 Å². The lowest BCUT2D eigenvalue weighted by Gasteiger charge is -2.39. The molecule has 0 amide bonds. The third-order valence-corrected chi connectivity index (χ3v) is 8.08. The summed E-state index contributed by atoms with van der Waals surface area (Å²) in [6, 6.07) is 6.69. The summed E-state index contributed by atoms with van der Waals surface area (Å²) < 4.78 is 13.1. The van der Waals surface area contributed by atoms with E-state index in [4.69, 9.17) is 9.47 Å². The fourth-order valence-electron chi connectivity index (χ4n) is 6.26. The third-order valence-electron chi connectivity index (χ3n) is 8.08. The maximum absolute atomic E-state index is 13.2. The van der Waals surface area contributed by atoms with Crippen LogP contribution in [0.15, 0.2) is 23.0 Å². The molecular formula is C26H34N6O3. The molecule has 0 unspecified atom stereocenters. The number of hydrogen-bond donors (Lipinski definition) is 1. The number of hydrogen-bond acceptors (Lipinski definition) is 7. The molecule has 1 N–H and O–H groups in total. The molecule has 186 valence electrons. The highest BCUT2D eigenvalue weighted by atomic mass is 16.7. The van der Waals surface area contributed by atoms with Crippen molar-refractivity contribution in [1.29, 1.82) is 0 Å². The van der Waals surface area contributed by atoms with Gasteiger partial charge in [0.25, 0.3) is 5.56 Å². The average molecular weight is 479 g/mol. The Labute approximate surface area is 204 Å². The number of tetrazole rings is 1. The number of rotatable bonds is 7. The van der Waals surface area contributed by atoms with Crippen molar-refractivity contribution < 1.29 is 9.47 Å². The Bertz CT molecular complexity index is 1240. The predicted octanol–water partition coefficient (Wildman–Crippen LogP) is 4.64. The van der Waals surface area contributed by atoms with Crippen LogP contribution in [0.5, 0.6) is 11.5 Å². The van der Waals surface area contributed by atoms with Crippen LogP contribution in [0.1, 0.15) is 94.6 Å². The molecular weight excluding hydrogens is 444 g/mol. The molecule has 35 heavy (non-hydrogen) atoms. The van der Waals surface area contributed by atoms with Crippen LogP contribution in [0, 0.1) is 0 Å². The van der Waals surface area contributed by atoms with E-state index in [1.54, 1.807) is 0 Å². The molecule has 9 nitrogen and oxygen atoms in total. The molecule has 9 heteroatoms. The molecule has 3 aliphatic rings. The topological polar surface area (TPSA) is 98.2 Å². The van der Waals surface area contributed by atoms with Crippen LogP contribution in [0.2, 0.25) is 0 Å². The van der Waals surface area contributed by atoms with Crippen molar-refractivity contribution in [2.24, 2.45) is 0 Å². The molecule has 6 rings (SSSR count). The first-order chi connectivity index (χ1) is 17.2. The Morgan fingerprint density at radius 1 is 1.06 bits per heavy atom. The van der Waals surface area contributed by atoms with Gasteiger partial charge in [-0.05, 0) is 54.7 Å². The van der Waals surface area contributed by atoms with E-state index in [-0.39, 0.29) is 18.4 Å². The lowest BCUT2D eigenvalue weighted by Crippen LogP contribution is -2.41. The summed E-state index contributed by atoms with van der Waals surface area (Å²) in [6.07, 6.45) is 11.7. The molecule has 0 radical (unpaired) electrons. The van der Waals surface area contributed by atoms with Crippen molar-refractivity contribution in [2.75, 3.05) is 6.79 Å². The monoisotopic (exact) mass is 478 g/mol. The zero-order valence-corrected chi connectivity index (χ0v) is 20.4. The van der Waals surface area contributed by atoms with Crippen molar-refractivity contribution in [3.8, 4) is 11.5 Å². The van der Waals surface area contributed by atoms with Crippen LogP contribution in [-0.4, -0.2) is 42.9 Å². The number of fused-ring (bicyclic) bond motifs is 2. The number of nitrogens with one attached hydrogen (secondary N) is 1. The maximum Gasteiger partial charge on any atom is 0.252 e. The van der Waals surface area contributed by atoms with Gasteiger partial charge in [0.2, 0.25) is 6.79 Å². The smallest absolute Gasteiger partial charge is 0.252 e. The lowest BCUT2D eigenvalue weighted by molar-refractivity contribution is 0.0830. The molecule has 2 saturated carbocycles. The summed E-state index contributed by atoms with van der Waals surface area (Å²) in [4.78, 5) is 18.8. The molecule has 1 aromatic carbocycles. The molecule has 2 fully saturated rings. The van der Waals surface area contributed by atoms with Gasteiger partial charge in [-0.15, -0.1) is 5.10 Å². The minimum Gasteiger partial charge on any atom is -0.454 e. The Morgan fingerprint density at radius 2 is 1.80 bits per heavy atom. The van der Waals surface area contributed by atoms with Crippen LogP contribution in [0.3, 0.4) is 0 Å². The summed E-state index contributed by atoms with van der Waals surface area (Å²) in [5.41, 5.74) is 1.48. The fourth-order valence-corrected chi connectivity index (χ4v) is 6.26. The quantitative estimate of drug-likeness (QED) is 0.528. The number of H-pyrrole nitrogens is 1. The molecule has 0 bridgehead atoms. The molecule has 3 aromatic rings. The normalized spacial score (nSPS) is 19.7. The van der Waals surface area contributed by atoms with Crippen LogP contribution in [0.25, 0.3) is 10.9 Å². The van der Waals surface area contributed by atoms with Gasteiger partial charge >= 0.3 is 0 Å². The van der Waals surface area contributed by atoms with Gasteiger partial charge in [-0.3, -0.25) is 9.69 Å². The largest absolute Gasteiger partial charge is 0.454 e. The summed E-state index contributed by atoms with van der Waals surface area (Å²) in [5, 5.41) is 14.0. The molecule has 0 saturated heterocycles. The van der Waals surface area contributed by atoms with Crippen LogP contribution < -0.4 is 15.0 Å². The average Bonchev–Trinajstić information content (AvgIpc) is 3.65. The van der Waals surface area contributed by atoms with Gasteiger partial charge in [0.1, 0.15) is 0 Å². The number of pyridine rings is 1. The fraction of sp³-hybridized carbons (Fsp3) is 0.615. The summed E-state index contributed by atoms with van der Waals surface area (Å²) in [6.45, 7) is 2.99. The van der Waals surface area contributed by atoms with E-state index in [1.807, 2.05) is 18.2 Å². The van der Waals surface area contributed by atoms with Gasteiger partial charge in [-0.1, -0.05) is 39.0 Å². The third kappa shape index (κ3) is 4.30. The number of aromatic nitrogens is 5. The minimum atomic E-state index is -0.0533. The minimum absolute atomic E-state index is 0.0533. The molecule has 1 atom stereocenters.